The van der Waals surface area contributed by atoms with E-state index in [0.29, 0.717) is 38.2 Å². The van der Waals surface area contributed by atoms with Crippen LogP contribution in [0.15, 0.2) is 41.8 Å². The van der Waals surface area contributed by atoms with E-state index in [0.717, 1.165) is 4.88 Å². The van der Waals surface area contributed by atoms with Crippen LogP contribution in [0.4, 0.5) is 4.39 Å². The van der Waals surface area contributed by atoms with Crippen molar-refractivity contribution in [3.05, 3.63) is 58.0 Å². The van der Waals surface area contributed by atoms with Gasteiger partial charge in [-0.15, -0.1) is 11.3 Å². The fourth-order valence-electron chi connectivity index (χ4n) is 2.61. The first-order valence-corrected chi connectivity index (χ1v) is 8.36. The smallest absolute Gasteiger partial charge is 0.253 e. The number of hydrogen-bond donors (Lipinski definition) is 0. The van der Waals surface area contributed by atoms with Gasteiger partial charge in [-0.3, -0.25) is 9.59 Å². The molecule has 0 aliphatic carbocycles. The van der Waals surface area contributed by atoms with Crippen molar-refractivity contribution in [2.24, 2.45) is 0 Å². The van der Waals surface area contributed by atoms with Crippen LogP contribution in [-0.4, -0.2) is 47.8 Å². The lowest BCUT2D eigenvalue weighted by atomic mass is 10.1. The first-order valence-electron chi connectivity index (χ1n) is 7.48. The minimum atomic E-state index is -0.356. The van der Waals surface area contributed by atoms with E-state index in [4.69, 9.17) is 0 Å². The molecule has 1 aromatic carbocycles. The van der Waals surface area contributed by atoms with Crippen LogP contribution in [0.5, 0.6) is 0 Å². The molecule has 4 nitrogen and oxygen atoms in total. The van der Waals surface area contributed by atoms with Crippen molar-refractivity contribution < 1.29 is 14.0 Å². The molecule has 0 N–H and O–H groups in total. The van der Waals surface area contributed by atoms with E-state index in [-0.39, 0.29) is 17.6 Å². The second-order valence-electron chi connectivity index (χ2n) is 5.44. The van der Waals surface area contributed by atoms with Crippen LogP contribution in [0.2, 0.25) is 0 Å². The lowest BCUT2D eigenvalue weighted by Gasteiger charge is -2.34. The molecule has 1 aliphatic heterocycles. The number of amides is 2. The Hall–Kier alpha value is -2.21. The van der Waals surface area contributed by atoms with Gasteiger partial charge >= 0.3 is 0 Å². The van der Waals surface area contributed by atoms with Gasteiger partial charge in [-0.2, -0.15) is 0 Å². The van der Waals surface area contributed by atoms with E-state index in [1.54, 1.807) is 21.1 Å². The van der Waals surface area contributed by atoms with Crippen LogP contribution in [-0.2, 0) is 11.2 Å². The Morgan fingerprint density at radius 3 is 2.26 bits per heavy atom. The summed E-state index contributed by atoms with van der Waals surface area (Å²) >= 11 is 1.58. The predicted molar refractivity (Wildman–Crippen MR) is 86.9 cm³/mol. The normalized spacial score (nSPS) is 14.8. The Morgan fingerprint density at radius 2 is 1.65 bits per heavy atom. The van der Waals surface area contributed by atoms with E-state index in [9.17, 15) is 14.0 Å². The Labute approximate surface area is 138 Å². The molecule has 1 saturated heterocycles. The zero-order valence-corrected chi connectivity index (χ0v) is 13.4. The molecule has 2 heterocycles. The molecule has 6 heteroatoms. The SMILES string of the molecule is O=C(Cc1cccs1)N1CCN(C(=O)c2ccc(F)cc2)CC1. The molecular weight excluding hydrogens is 315 g/mol. The average molecular weight is 332 g/mol. The van der Waals surface area contributed by atoms with Crippen LogP contribution in [0.1, 0.15) is 15.2 Å². The molecule has 2 aromatic rings. The van der Waals surface area contributed by atoms with Gasteiger partial charge in [-0.1, -0.05) is 6.07 Å². The van der Waals surface area contributed by atoms with E-state index in [1.165, 1.54) is 24.3 Å². The van der Waals surface area contributed by atoms with Gasteiger partial charge < -0.3 is 9.80 Å². The molecule has 2 amide bonds. The summed E-state index contributed by atoms with van der Waals surface area (Å²) in [6.07, 6.45) is 0.420. The maximum atomic E-state index is 12.9. The van der Waals surface area contributed by atoms with Gasteiger partial charge in [0.05, 0.1) is 6.42 Å². The largest absolute Gasteiger partial charge is 0.339 e. The lowest BCUT2D eigenvalue weighted by Crippen LogP contribution is -2.50. The zero-order chi connectivity index (χ0) is 16.2. The summed E-state index contributed by atoms with van der Waals surface area (Å²) in [7, 11) is 0. The Bertz CT molecular complexity index is 677. The van der Waals surface area contributed by atoms with Crippen LogP contribution >= 0.6 is 11.3 Å². The molecule has 0 radical (unpaired) electrons. The molecular formula is C17H17FN2O2S. The van der Waals surface area contributed by atoms with Crippen LogP contribution in [0.25, 0.3) is 0 Å². The molecule has 1 aromatic heterocycles. The topological polar surface area (TPSA) is 40.6 Å². The predicted octanol–water partition coefficient (Wildman–Crippen LogP) is 2.41. The third-order valence-electron chi connectivity index (χ3n) is 3.92. The van der Waals surface area contributed by atoms with Crippen molar-refractivity contribution in [3.8, 4) is 0 Å². The molecule has 1 fully saturated rings. The van der Waals surface area contributed by atoms with Gasteiger partial charge in [0.1, 0.15) is 5.82 Å². The number of thiophene rings is 1. The third-order valence-corrected chi connectivity index (χ3v) is 4.79. The molecule has 23 heavy (non-hydrogen) atoms. The standard InChI is InChI=1S/C17H17FN2O2S/c18-14-5-3-13(4-6-14)17(22)20-9-7-19(8-10-20)16(21)12-15-2-1-11-23-15/h1-6,11H,7-10,12H2. The number of carbonyl (C=O) groups is 2. The number of carbonyl (C=O) groups excluding carboxylic acids is 2. The van der Waals surface area contributed by atoms with Gasteiger partial charge in [0.25, 0.3) is 5.91 Å². The molecule has 3 rings (SSSR count). The molecule has 1 aliphatic rings. The highest BCUT2D eigenvalue weighted by atomic mass is 32.1. The lowest BCUT2D eigenvalue weighted by molar-refractivity contribution is -0.131. The van der Waals surface area contributed by atoms with Crippen molar-refractivity contribution in [2.45, 2.75) is 6.42 Å². The van der Waals surface area contributed by atoms with E-state index < -0.39 is 0 Å². The van der Waals surface area contributed by atoms with Crippen LogP contribution < -0.4 is 0 Å². The molecule has 120 valence electrons. The summed E-state index contributed by atoms with van der Waals surface area (Å²) in [5.74, 6) is -0.373. The highest BCUT2D eigenvalue weighted by molar-refractivity contribution is 7.10. The minimum Gasteiger partial charge on any atom is -0.339 e. The van der Waals surface area contributed by atoms with E-state index in [2.05, 4.69) is 0 Å². The molecule has 0 saturated carbocycles. The highest BCUT2D eigenvalue weighted by Crippen LogP contribution is 2.13. The van der Waals surface area contributed by atoms with Gasteiger partial charge in [0, 0.05) is 36.6 Å². The molecule has 0 unspecified atom stereocenters. The molecule has 0 atom stereocenters. The Kier molecular flexibility index (Phi) is 4.71. The first kappa shape index (κ1) is 15.7. The van der Waals surface area contributed by atoms with Crippen molar-refractivity contribution in [1.29, 1.82) is 0 Å². The summed E-state index contributed by atoms with van der Waals surface area (Å²) in [6, 6.07) is 9.45. The third kappa shape index (κ3) is 3.76. The fourth-order valence-corrected chi connectivity index (χ4v) is 3.30. The number of hydrogen-bond acceptors (Lipinski definition) is 3. The second-order valence-corrected chi connectivity index (χ2v) is 6.47. The monoisotopic (exact) mass is 332 g/mol. The Balaban J connectivity index is 1.54. The average Bonchev–Trinajstić information content (AvgIpc) is 3.08. The first-order chi connectivity index (χ1) is 11.1. The summed E-state index contributed by atoms with van der Waals surface area (Å²) in [6.45, 7) is 2.09. The summed E-state index contributed by atoms with van der Waals surface area (Å²) in [5.41, 5.74) is 0.477. The van der Waals surface area contributed by atoms with Gasteiger partial charge in [0.15, 0.2) is 0 Å². The van der Waals surface area contributed by atoms with Crippen LogP contribution in [0.3, 0.4) is 0 Å². The fraction of sp³-hybridized carbons (Fsp3) is 0.294. The maximum Gasteiger partial charge on any atom is 0.253 e. The maximum absolute atomic E-state index is 12.9. The number of halogens is 1. The minimum absolute atomic E-state index is 0.0985. The van der Waals surface area contributed by atoms with E-state index >= 15 is 0 Å². The number of benzene rings is 1. The summed E-state index contributed by atoms with van der Waals surface area (Å²) in [4.78, 5) is 29.1. The quantitative estimate of drug-likeness (QED) is 0.866. The number of nitrogens with zero attached hydrogens (tertiary/aromatic N) is 2. The number of rotatable bonds is 3. The zero-order valence-electron chi connectivity index (χ0n) is 12.6. The second kappa shape index (κ2) is 6.91. The summed E-state index contributed by atoms with van der Waals surface area (Å²) in [5, 5.41) is 1.96. The highest BCUT2D eigenvalue weighted by Gasteiger charge is 2.24. The van der Waals surface area contributed by atoms with Gasteiger partial charge in [-0.25, -0.2) is 4.39 Å². The molecule has 0 spiro atoms. The van der Waals surface area contributed by atoms with Crippen molar-refractivity contribution in [1.82, 2.24) is 9.80 Å². The Morgan fingerprint density at radius 1 is 1.00 bits per heavy atom. The van der Waals surface area contributed by atoms with Crippen molar-refractivity contribution in [2.75, 3.05) is 26.2 Å². The van der Waals surface area contributed by atoms with Crippen molar-refractivity contribution in [3.63, 3.8) is 0 Å². The van der Waals surface area contributed by atoms with Gasteiger partial charge in [-0.05, 0) is 35.7 Å². The van der Waals surface area contributed by atoms with Gasteiger partial charge in [0.2, 0.25) is 5.91 Å². The molecule has 0 bridgehead atoms. The van der Waals surface area contributed by atoms with Crippen LogP contribution in [0, 0.1) is 5.82 Å². The van der Waals surface area contributed by atoms with E-state index in [1.807, 2.05) is 17.5 Å². The van der Waals surface area contributed by atoms with Crippen molar-refractivity contribution >= 4 is 23.2 Å². The number of piperazine rings is 1. The summed E-state index contributed by atoms with van der Waals surface area (Å²) < 4.78 is 12.9.